The van der Waals surface area contributed by atoms with Crippen molar-refractivity contribution in [2.24, 2.45) is 0 Å². The Kier molecular flexibility index (Phi) is 3.67. The topological polar surface area (TPSA) is 22.1 Å². The van der Waals surface area contributed by atoms with Gasteiger partial charge in [-0.15, -0.1) is 11.3 Å². The van der Waals surface area contributed by atoms with Gasteiger partial charge in [0, 0.05) is 18.2 Å². The molecule has 0 saturated heterocycles. The molecule has 1 aromatic rings. The second-order valence-corrected chi connectivity index (χ2v) is 5.07. The van der Waals surface area contributed by atoms with Gasteiger partial charge in [-0.3, -0.25) is 0 Å². The zero-order valence-corrected chi connectivity index (χ0v) is 10.4. The summed E-state index contributed by atoms with van der Waals surface area (Å²) >= 11 is 1.76. The van der Waals surface area contributed by atoms with Crippen LogP contribution in [-0.4, -0.2) is 12.1 Å². The number of rotatable bonds is 4. The smallest absolute Gasteiger partial charge is 0.125 e. The summed E-state index contributed by atoms with van der Waals surface area (Å²) in [5.74, 6) is 0.555. The molecule has 1 rings (SSSR count). The second-order valence-electron chi connectivity index (χ2n) is 4.01. The highest BCUT2D eigenvalue weighted by atomic mass is 32.1. The molecule has 0 amide bonds. The number of hydrogen-bond donors (Lipinski definition) is 0. The molecule has 0 bridgehead atoms. The van der Waals surface area contributed by atoms with Gasteiger partial charge in [0.2, 0.25) is 0 Å². The van der Waals surface area contributed by atoms with Crippen molar-refractivity contribution >= 4 is 11.3 Å². The lowest BCUT2D eigenvalue weighted by Crippen LogP contribution is -2.22. The summed E-state index contributed by atoms with van der Waals surface area (Å²) in [4.78, 5) is 5.78. The summed E-state index contributed by atoms with van der Waals surface area (Å²) in [5, 5.41) is 1.09. The average Bonchev–Trinajstić information content (AvgIpc) is 2.66. The van der Waals surface area contributed by atoms with Gasteiger partial charge in [-0.25, -0.2) is 4.98 Å². The first kappa shape index (κ1) is 11.7. The van der Waals surface area contributed by atoms with Crippen molar-refractivity contribution in [3.05, 3.63) is 16.1 Å². The average molecular weight is 213 g/mol. The highest BCUT2D eigenvalue weighted by Gasteiger charge is 2.27. The van der Waals surface area contributed by atoms with Crippen LogP contribution in [0.1, 0.15) is 49.9 Å². The third-order valence-electron chi connectivity index (χ3n) is 2.67. The molecular weight excluding hydrogens is 194 g/mol. The molecule has 0 aliphatic heterocycles. The van der Waals surface area contributed by atoms with Gasteiger partial charge in [-0.1, -0.05) is 20.8 Å². The van der Waals surface area contributed by atoms with E-state index in [9.17, 15) is 0 Å². The first-order valence-electron chi connectivity index (χ1n) is 5.05. The fourth-order valence-electron chi connectivity index (χ4n) is 1.18. The quantitative estimate of drug-likeness (QED) is 0.763. The Morgan fingerprint density at radius 3 is 2.57 bits per heavy atom. The van der Waals surface area contributed by atoms with E-state index in [0.29, 0.717) is 5.92 Å². The Balaban J connectivity index is 2.95. The van der Waals surface area contributed by atoms with Gasteiger partial charge >= 0.3 is 0 Å². The van der Waals surface area contributed by atoms with Gasteiger partial charge in [0.1, 0.15) is 10.6 Å². The molecular formula is C11H19NOS. The molecule has 1 heterocycles. The van der Waals surface area contributed by atoms with Crippen LogP contribution >= 0.6 is 11.3 Å². The number of nitrogens with zero attached hydrogens (tertiary/aromatic N) is 1. The van der Waals surface area contributed by atoms with Crippen LogP contribution in [0.25, 0.3) is 0 Å². The van der Waals surface area contributed by atoms with Crippen molar-refractivity contribution in [3.8, 4) is 0 Å². The van der Waals surface area contributed by atoms with E-state index >= 15 is 0 Å². The second kappa shape index (κ2) is 4.41. The summed E-state index contributed by atoms with van der Waals surface area (Å²) in [5.41, 5.74) is -0.211. The summed E-state index contributed by atoms with van der Waals surface area (Å²) in [6.07, 6.45) is 2.92. The Morgan fingerprint density at radius 1 is 1.57 bits per heavy atom. The third-order valence-corrected chi connectivity index (χ3v) is 4.21. The van der Waals surface area contributed by atoms with Crippen molar-refractivity contribution in [2.75, 3.05) is 7.11 Å². The van der Waals surface area contributed by atoms with Crippen LogP contribution in [0, 0.1) is 0 Å². The monoisotopic (exact) mass is 213 g/mol. The fourth-order valence-corrected chi connectivity index (χ4v) is 2.29. The Bertz CT molecular complexity index is 289. The van der Waals surface area contributed by atoms with Crippen LogP contribution in [0.5, 0.6) is 0 Å². The van der Waals surface area contributed by atoms with Gasteiger partial charge in [0.05, 0.1) is 0 Å². The maximum atomic E-state index is 5.51. The van der Waals surface area contributed by atoms with E-state index in [4.69, 9.17) is 4.74 Å². The Morgan fingerprint density at radius 2 is 2.21 bits per heavy atom. The predicted octanol–water partition coefficient (Wildman–Crippen LogP) is 3.54. The van der Waals surface area contributed by atoms with Gasteiger partial charge in [0.25, 0.3) is 0 Å². The number of methoxy groups -OCH3 is 1. The van der Waals surface area contributed by atoms with Crippen LogP contribution in [0.2, 0.25) is 0 Å². The minimum Gasteiger partial charge on any atom is -0.371 e. The molecule has 3 heteroatoms. The SMILES string of the molecule is CCC(C)(OC)c1ncc(C(C)C)s1. The molecule has 1 unspecified atom stereocenters. The molecule has 0 radical (unpaired) electrons. The van der Waals surface area contributed by atoms with E-state index in [2.05, 4.69) is 32.7 Å². The first-order chi connectivity index (χ1) is 6.53. The van der Waals surface area contributed by atoms with Crippen LogP contribution in [0.15, 0.2) is 6.20 Å². The normalized spacial score (nSPS) is 15.9. The summed E-state index contributed by atoms with van der Waals surface area (Å²) in [6.45, 7) is 8.59. The first-order valence-corrected chi connectivity index (χ1v) is 5.86. The molecule has 0 fully saturated rings. The Labute approximate surface area is 90.3 Å². The van der Waals surface area contributed by atoms with Gasteiger partial charge in [-0.05, 0) is 19.3 Å². The molecule has 0 aliphatic rings. The third kappa shape index (κ3) is 2.15. The molecule has 1 aromatic heterocycles. The maximum Gasteiger partial charge on any atom is 0.125 e. The fraction of sp³-hybridized carbons (Fsp3) is 0.727. The lowest BCUT2D eigenvalue weighted by Gasteiger charge is -2.23. The van der Waals surface area contributed by atoms with Gasteiger partial charge < -0.3 is 4.74 Å². The van der Waals surface area contributed by atoms with Crippen LogP contribution < -0.4 is 0 Å². The molecule has 0 aromatic carbocycles. The summed E-state index contributed by atoms with van der Waals surface area (Å²) < 4.78 is 5.51. The maximum absolute atomic E-state index is 5.51. The molecule has 0 spiro atoms. The van der Waals surface area contributed by atoms with Crippen molar-refractivity contribution in [1.82, 2.24) is 4.98 Å². The Hall–Kier alpha value is -0.410. The molecule has 0 aliphatic carbocycles. The van der Waals surface area contributed by atoms with E-state index in [1.54, 1.807) is 18.4 Å². The van der Waals surface area contributed by atoms with Crippen molar-refractivity contribution in [3.63, 3.8) is 0 Å². The molecule has 1 atom stereocenters. The minimum atomic E-state index is -0.211. The minimum absolute atomic E-state index is 0.211. The van der Waals surface area contributed by atoms with E-state index < -0.39 is 0 Å². The lowest BCUT2D eigenvalue weighted by molar-refractivity contribution is -0.00156. The van der Waals surface area contributed by atoms with Crippen molar-refractivity contribution in [1.29, 1.82) is 0 Å². The number of ether oxygens (including phenoxy) is 1. The highest BCUT2D eigenvalue weighted by Crippen LogP contribution is 2.33. The van der Waals surface area contributed by atoms with E-state index in [1.165, 1.54) is 4.88 Å². The van der Waals surface area contributed by atoms with Crippen LogP contribution in [0.3, 0.4) is 0 Å². The molecule has 2 nitrogen and oxygen atoms in total. The lowest BCUT2D eigenvalue weighted by atomic mass is 10.1. The largest absolute Gasteiger partial charge is 0.371 e. The van der Waals surface area contributed by atoms with Crippen molar-refractivity contribution < 1.29 is 4.74 Å². The molecule has 14 heavy (non-hydrogen) atoms. The van der Waals surface area contributed by atoms with Crippen LogP contribution in [0.4, 0.5) is 0 Å². The van der Waals surface area contributed by atoms with Gasteiger partial charge in [-0.2, -0.15) is 0 Å². The number of aromatic nitrogens is 1. The predicted molar refractivity (Wildman–Crippen MR) is 60.9 cm³/mol. The standard InChI is InChI=1S/C11H19NOS/c1-6-11(4,13-5)10-12-7-9(14-10)8(2)3/h7-8H,6H2,1-5H3. The van der Waals surface area contributed by atoms with E-state index in [0.717, 1.165) is 11.4 Å². The number of hydrogen-bond acceptors (Lipinski definition) is 3. The zero-order valence-electron chi connectivity index (χ0n) is 9.63. The van der Waals surface area contributed by atoms with Crippen molar-refractivity contribution in [2.45, 2.75) is 45.6 Å². The molecule has 0 N–H and O–H groups in total. The highest BCUT2D eigenvalue weighted by molar-refractivity contribution is 7.11. The van der Waals surface area contributed by atoms with Crippen LogP contribution in [-0.2, 0) is 10.3 Å². The summed E-state index contributed by atoms with van der Waals surface area (Å²) in [7, 11) is 1.75. The summed E-state index contributed by atoms with van der Waals surface area (Å²) in [6, 6.07) is 0. The molecule has 0 saturated carbocycles. The number of thiazole rings is 1. The van der Waals surface area contributed by atoms with E-state index in [1.807, 2.05) is 6.20 Å². The zero-order chi connectivity index (χ0) is 10.8. The molecule has 80 valence electrons. The van der Waals surface area contributed by atoms with Gasteiger partial charge in [0.15, 0.2) is 0 Å². The van der Waals surface area contributed by atoms with E-state index in [-0.39, 0.29) is 5.60 Å².